The molecule has 23 heavy (non-hydrogen) atoms. The number of hydrogen-bond acceptors (Lipinski definition) is 4. The second kappa shape index (κ2) is 9.73. The number of hydrogen-bond donors (Lipinski definition) is 0. The molecule has 1 aromatic carbocycles. The molecule has 0 aliphatic heterocycles. The van der Waals surface area contributed by atoms with Gasteiger partial charge in [-0.05, 0) is 24.5 Å². The molecule has 0 radical (unpaired) electrons. The summed E-state index contributed by atoms with van der Waals surface area (Å²) in [5.41, 5.74) is 0.834. The number of carbonyl (C=O) groups is 1. The molecule has 0 aliphatic carbocycles. The van der Waals surface area contributed by atoms with Crippen LogP contribution in [-0.2, 0) is 11.2 Å². The molecule has 0 saturated carbocycles. The largest absolute Gasteiger partial charge is 0.497 e. The third-order valence-electron chi connectivity index (χ3n) is 3.67. The fourth-order valence-electron chi connectivity index (χ4n) is 2.52. The molecule has 5 nitrogen and oxygen atoms in total. The van der Waals surface area contributed by atoms with Crippen molar-refractivity contribution in [1.82, 2.24) is 4.90 Å². The molecule has 1 rings (SSSR count). The maximum atomic E-state index is 12.6. The summed E-state index contributed by atoms with van der Waals surface area (Å²) in [6, 6.07) is 7.58. The number of amides is 1. The van der Waals surface area contributed by atoms with Crippen LogP contribution in [0.4, 0.5) is 0 Å². The van der Waals surface area contributed by atoms with Crippen LogP contribution in [0, 0.1) is 17.2 Å². The van der Waals surface area contributed by atoms with E-state index in [-0.39, 0.29) is 5.91 Å². The van der Waals surface area contributed by atoms with Gasteiger partial charge in [-0.1, -0.05) is 19.9 Å². The van der Waals surface area contributed by atoms with Crippen LogP contribution < -0.4 is 9.47 Å². The minimum atomic E-state index is -0.699. The van der Waals surface area contributed by atoms with Crippen LogP contribution in [0.2, 0.25) is 0 Å². The van der Waals surface area contributed by atoms with Crippen molar-refractivity contribution >= 4 is 5.91 Å². The highest BCUT2D eigenvalue weighted by Crippen LogP contribution is 2.27. The molecule has 5 heteroatoms. The van der Waals surface area contributed by atoms with E-state index in [4.69, 9.17) is 9.47 Å². The standard InChI is InChI=1S/C18H26N2O3/c1-5-9-20(10-6-2)18(21)15(13-19)11-14-7-8-16(22-3)12-17(14)23-4/h7-8,12,15H,5-6,9-11H2,1-4H3. The van der Waals surface area contributed by atoms with Crippen LogP contribution >= 0.6 is 0 Å². The van der Waals surface area contributed by atoms with Gasteiger partial charge in [-0.3, -0.25) is 4.79 Å². The monoisotopic (exact) mass is 318 g/mol. The van der Waals surface area contributed by atoms with Crippen molar-refractivity contribution in [3.63, 3.8) is 0 Å². The van der Waals surface area contributed by atoms with Gasteiger partial charge in [0.05, 0.1) is 20.3 Å². The van der Waals surface area contributed by atoms with Crippen molar-refractivity contribution in [3.05, 3.63) is 23.8 Å². The minimum absolute atomic E-state index is 0.103. The fraction of sp³-hybridized carbons (Fsp3) is 0.556. The molecular weight excluding hydrogens is 292 g/mol. The Balaban J connectivity index is 2.95. The molecule has 0 heterocycles. The first-order valence-corrected chi connectivity index (χ1v) is 8.00. The van der Waals surface area contributed by atoms with Crippen molar-refractivity contribution in [2.24, 2.45) is 5.92 Å². The first-order chi connectivity index (χ1) is 11.1. The van der Waals surface area contributed by atoms with Gasteiger partial charge >= 0.3 is 0 Å². The third-order valence-corrected chi connectivity index (χ3v) is 3.67. The van der Waals surface area contributed by atoms with Crippen molar-refractivity contribution in [1.29, 1.82) is 5.26 Å². The van der Waals surface area contributed by atoms with Gasteiger partial charge in [0.2, 0.25) is 5.91 Å². The van der Waals surface area contributed by atoms with Crippen LogP contribution in [0.3, 0.4) is 0 Å². The Bertz CT molecular complexity index is 546. The third kappa shape index (κ3) is 5.17. The number of nitriles is 1. The Labute approximate surface area is 138 Å². The molecule has 0 aliphatic rings. The lowest BCUT2D eigenvalue weighted by atomic mass is 9.98. The lowest BCUT2D eigenvalue weighted by Gasteiger charge is -2.24. The van der Waals surface area contributed by atoms with Gasteiger partial charge in [0.15, 0.2) is 0 Å². The van der Waals surface area contributed by atoms with E-state index >= 15 is 0 Å². The van der Waals surface area contributed by atoms with Crippen molar-refractivity contribution in [3.8, 4) is 17.6 Å². The quantitative estimate of drug-likeness (QED) is 0.702. The number of benzene rings is 1. The normalized spacial score (nSPS) is 11.4. The smallest absolute Gasteiger partial charge is 0.240 e. The lowest BCUT2D eigenvalue weighted by Crippen LogP contribution is -2.37. The number of nitrogens with zero attached hydrogens (tertiary/aromatic N) is 2. The second-order valence-corrected chi connectivity index (χ2v) is 5.39. The Hall–Kier alpha value is -2.22. The molecule has 0 fully saturated rings. The summed E-state index contributed by atoms with van der Waals surface area (Å²) in [6.07, 6.45) is 2.11. The summed E-state index contributed by atoms with van der Waals surface area (Å²) in [4.78, 5) is 14.4. The Morgan fingerprint density at radius 2 is 1.87 bits per heavy atom. The summed E-state index contributed by atoms with van der Waals surface area (Å²) < 4.78 is 10.5. The fourth-order valence-corrected chi connectivity index (χ4v) is 2.52. The van der Waals surface area contributed by atoms with E-state index < -0.39 is 5.92 Å². The van der Waals surface area contributed by atoms with E-state index in [0.29, 0.717) is 31.0 Å². The highest BCUT2D eigenvalue weighted by atomic mass is 16.5. The lowest BCUT2D eigenvalue weighted by molar-refractivity contribution is -0.133. The summed E-state index contributed by atoms with van der Waals surface area (Å²) >= 11 is 0. The van der Waals surface area contributed by atoms with Gasteiger partial charge in [0.25, 0.3) is 0 Å². The van der Waals surface area contributed by atoms with E-state index in [1.54, 1.807) is 25.2 Å². The summed E-state index contributed by atoms with van der Waals surface area (Å²) in [5, 5.41) is 9.44. The van der Waals surface area contributed by atoms with Gasteiger partial charge in [-0.2, -0.15) is 5.26 Å². The molecule has 1 aromatic rings. The van der Waals surface area contributed by atoms with Crippen molar-refractivity contribution in [2.45, 2.75) is 33.1 Å². The Kier molecular flexibility index (Phi) is 7.96. The molecule has 126 valence electrons. The van der Waals surface area contributed by atoms with E-state index in [1.807, 2.05) is 26.0 Å². The van der Waals surface area contributed by atoms with E-state index in [0.717, 1.165) is 18.4 Å². The molecule has 0 aromatic heterocycles. The van der Waals surface area contributed by atoms with Crippen LogP contribution in [0.15, 0.2) is 18.2 Å². The molecular formula is C18H26N2O3. The SMILES string of the molecule is CCCN(CCC)C(=O)C(C#N)Cc1ccc(OC)cc1OC. The summed E-state index contributed by atoms with van der Waals surface area (Å²) in [5.74, 6) is 0.517. The average Bonchev–Trinajstić information content (AvgIpc) is 2.58. The predicted molar refractivity (Wildman–Crippen MR) is 89.5 cm³/mol. The highest BCUT2D eigenvalue weighted by Gasteiger charge is 2.25. The van der Waals surface area contributed by atoms with Gasteiger partial charge < -0.3 is 14.4 Å². The number of rotatable bonds is 9. The molecule has 0 N–H and O–H groups in total. The van der Waals surface area contributed by atoms with Gasteiger partial charge in [-0.25, -0.2) is 0 Å². The average molecular weight is 318 g/mol. The predicted octanol–water partition coefficient (Wildman–Crippen LogP) is 3.03. The zero-order valence-corrected chi connectivity index (χ0v) is 14.5. The topological polar surface area (TPSA) is 62.6 Å². The second-order valence-electron chi connectivity index (χ2n) is 5.39. The van der Waals surface area contributed by atoms with Crippen LogP contribution in [-0.4, -0.2) is 38.1 Å². The van der Waals surface area contributed by atoms with Gasteiger partial charge in [0.1, 0.15) is 17.4 Å². The maximum Gasteiger partial charge on any atom is 0.240 e. The molecule has 1 unspecified atom stereocenters. The van der Waals surface area contributed by atoms with Crippen LogP contribution in [0.1, 0.15) is 32.3 Å². The molecule has 0 bridgehead atoms. The number of carbonyl (C=O) groups excluding carboxylic acids is 1. The van der Waals surface area contributed by atoms with Crippen LogP contribution in [0.5, 0.6) is 11.5 Å². The molecule has 1 atom stereocenters. The molecule has 0 saturated heterocycles. The Morgan fingerprint density at radius 3 is 2.35 bits per heavy atom. The van der Waals surface area contributed by atoms with Crippen molar-refractivity contribution < 1.29 is 14.3 Å². The zero-order chi connectivity index (χ0) is 17.2. The first-order valence-electron chi connectivity index (χ1n) is 8.00. The molecule has 0 spiro atoms. The van der Waals surface area contributed by atoms with Gasteiger partial charge in [0, 0.05) is 25.6 Å². The van der Waals surface area contributed by atoms with E-state index in [1.165, 1.54) is 0 Å². The minimum Gasteiger partial charge on any atom is -0.497 e. The summed E-state index contributed by atoms with van der Waals surface area (Å²) in [7, 11) is 3.16. The van der Waals surface area contributed by atoms with Crippen LogP contribution in [0.25, 0.3) is 0 Å². The van der Waals surface area contributed by atoms with Crippen molar-refractivity contribution in [2.75, 3.05) is 27.3 Å². The zero-order valence-electron chi connectivity index (χ0n) is 14.5. The Morgan fingerprint density at radius 1 is 1.22 bits per heavy atom. The highest BCUT2D eigenvalue weighted by molar-refractivity contribution is 5.81. The van der Waals surface area contributed by atoms with E-state index in [9.17, 15) is 10.1 Å². The van der Waals surface area contributed by atoms with E-state index in [2.05, 4.69) is 6.07 Å². The number of ether oxygens (including phenoxy) is 2. The number of methoxy groups -OCH3 is 2. The molecule has 1 amide bonds. The van der Waals surface area contributed by atoms with Gasteiger partial charge in [-0.15, -0.1) is 0 Å². The summed E-state index contributed by atoms with van der Waals surface area (Å²) in [6.45, 7) is 5.43. The maximum absolute atomic E-state index is 12.6. The first kappa shape index (κ1) is 18.8.